The minimum Gasteiger partial charge on any atom is -0.204 e. The van der Waals surface area contributed by atoms with Gasteiger partial charge < -0.3 is 0 Å². The second kappa shape index (κ2) is 8.95. The highest BCUT2D eigenvalue weighted by atomic mass is 19.2. The van der Waals surface area contributed by atoms with E-state index in [1.54, 1.807) is 6.08 Å². The van der Waals surface area contributed by atoms with Crippen molar-refractivity contribution in [1.29, 1.82) is 0 Å². The van der Waals surface area contributed by atoms with Gasteiger partial charge in [-0.05, 0) is 73.3 Å². The molecule has 3 heteroatoms. The number of aryl methyl sites for hydroxylation is 1. The van der Waals surface area contributed by atoms with E-state index in [1.807, 2.05) is 0 Å². The van der Waals surface area contributed by atoms with Crippen LogP contribution in [0.25, 0.3) is 0 Å². The maximum absolute atomic E-state index is 13.2. The van der Waals surface area contributed by atoms with Crippen molar-refractivity contribution in [3.63, 3.8) is 0 Å². The molecule has 0 amide bonds. The second-order valence-electron chi connectivity index (χ2n) is 7.09. The molecule has 1 fully saturated rings. The SMILES string of the molecule is CCc1ccc(C2CCC(/C=C/C#Cc3cc(F)c(F)c(F)c3)CC2)cc1. The van der Waals surface area contributed by atoms with Gasteiger partial charge in [0.25, 0.3) is 0 Å². The quantitative estimate of drug-likeness (QED) is 0.426. The Bertz CT molecular complexity index is 838. The van der Waals surface area contributed by atoms with Crippen molar-refractivity contribution in [2.45, 2.75) is 44.9 Å². The fraction of sp³-hybridized carbons (Fsp3) is 0.333. The first-order chi connectivity index (χ1) is 13.1. The van der Waals surface area contributed by atoms with Crippen molar-refractivity contribution < 1.29 is 13.2 Å². The lowest BCUT2D eigenvalue weighted by atomic mass is 9.78. The van der Waals surface area contributed by atoms with Crippen LogP contribution in [0.5, 0.6) is 0 Å². The van der Waals surface area contributed by atoms with Crippen molar-refractivity contribution in [3.05, 3.63) is 82.7 Å². The fourth-order valence-corrected chi connectivity index (χ4v) is 3.61. The van der Waals surface area contributed by atoms with E-state index in [-0.39, 0.29) is 5.56 Å². The second-order valence-corrected chi connectivity index (χ2v) is 7.09. The number of hydrogen-bond acceptors (Lipinski definition) is 0. The van der Waals surface area contributed by atoms with Gasteiger partial charge in [0, 0.05) is 5.56 Å². The van der Waals surface area contributed by atoms with Gasteiger partial charge in [-0.1, -0.05) is 49.1 Å². The molecule has 0 atom stereocenters. The van der Waals surface area contributed by atoms with Crippen LogP contribution < -0.4 is 0 Å². The molecule has 1 saturated carbocycles. The van der Waals surface area contributed by atoms with Gasteiger partial charge in [0.2, 0.25) is 0 Å². The molecule has 0 heterocycles. The van der Waals surface area contributed by atoms with Gasteiger partial charge in [0.05, 0.1) is 0 Å². The molecule has 0 unspecified atom stereocenters. The van der Waals surface area contributed by atoms with Gasteiger partial charge in [-0.3, -0.25) is 0 Å². The highest BCUT2D eigenvalue weighted by Gasteiger charge is 2.20. The molecule has 3 rings (SSSR count). The number of benzene rings is 2. The molecule has 140 valence electrons. The zero-order valence-corrected chi connectivity index (χ0v) is 15.4. The maximum Gasteiger partial charge on any atom is 0.194 e. The van der Waals surface area contributed by atoms with Crippen molar-refractivity contribution in [2.24, 2.45) is 5.92 Å². The summed E-state index contributed by atoms with van der Waals surface area (Å²) in [6.07, 6.45) is 9.40. The largest absolute Gasteiger partial charge is 0.204 e. The van der Waals surface area contributed by atoms with Gasteiger partial charge in [0.1, 0.15) is 0 Å². The number of hydrogen-bond donors (Lipinski definition) is 0. The smallest absolute Gasteiger partial charge is 0.194 e. The van der Waals surface area contributed by atoms with E-state index >= 15 is 0 Å². The van der Waals surface area contributed by atoms with Crippen molar-refractivity contribution in [3.8, 4) is 11.8 Å². The Hall–Kier alpha value is -2.47. The molecule has 1 aliphatic carbocycles. The van der Waals surface area contributed by atoms with E-state index in [9.17, 15) is 13.2 Å². The molecule has 0 N–H and O–H groups in total. The summed E-state index contributed by atoms with van der Waals surface area (Å²) >= 11 is 0. The third-order valence-corrected chi connectivity index (χ3v) is 5.28. The third-order valence-electron chi connectivity index (χ3n) is 5.28. The summed E-state index contributed by atoms with van der Waals surface area (Å²) < 4.78 is 39.2. The van der Waals surface area contributed by atoms with E-state index in [0.717, 1.165) is 44.2 Å². The Morgan fingerprint density at radius 2 is 1.59 bits per heavy atom. The summed E-state index contributed by atoms with van der Waals surface area (Å²) in [6.45, 7) is 2.17. The van der Waals surface area contributed by atoms with E-state index in [4.69, 9.17) is 0 Å². The lowest BCUT2D eigenvalue weighted by Gasteiger charge is -2.27. The summed E-state index contributed by atoms with van der Waals surface area (Å²) in [6, 6.07) is 10.8. The van der Waals surface area contributed by atoms with Crippen LogP contribution in [0, 0.1) is 35.2 Å². The van der Waals surface area contributed by atoms with Gasteiger partial charge >= 0.3 is 0 Å². The fourth-order valence-electron chi connectivity index (χ4n) is 3.61. The average Bonchev–Trinajstić information content (AvgIpc) is 2.70. The predicted molar refractivity (Wildman–Crippen MR) is 103 cm³/mol. The monoisotopic (exact) mass is 368 g/mol. The van der Waals surface area contributed by atoms with Crippen LogP contribution in [0.1, 0.15) is 55.2 Å². The van der Waals surface area contributed by atoms with Crippen LogP contribution in [-0.4, -0.2) is 0 Å². The van der Waals surface area contributed by atoms with Crippen LogP contribution in [0.2, 0.25) is 0 Å². The van der Waals surface area contributed by atoms with Crippen LogP contribution in [0.15, 0.2) is 48.6 Å². The molecular formula is C24H23F3. The summed E-state index contributed by atoms with van der Waals surface area (Å²) in [5.74, 6) is 2.66. The molecule has 27 heavy (non-hydrogen) atoms. The van der Waals surface area contributed by atoms with Gasteiger partial charge in [-0.15, -0.1) is 0 Å². The molecule has 0 nitrogen and oxygen atoms in total. The predicted octanol–water partition coefficient (Wildman–Crippen LogP) is 6.55. The third kappa shape index (κ3) is 5.04. The lowest BCUT2D eigenvalue weighted by Crippen LogP contribution is -2.11. The normalized spacial score (nSPS) is 19.7. The lowest BCUT2D eigenvalue weighted by molar-refractivity contribution is 0.376. The minimum atomic E-state index is -1.46. The highest BCUT2D eigenvalue weighted by Crippen LogP contribution is 2.36. The van der Waals surface area contributed by atoms with E-state index in [0.29, 0.717) is 11.8 Å². The Balaban J connectivity index is 1.53. The first-order valence-corrected chi connectivity index (χ1v) is 9.48. The number of allylic oxidation sites excluding steroid dienone is 2. The van der Waals surface area contributed by atoms with Crippen LogP contribution in [-0.2, 0) is 6.42 Å². The Labute approximate surface area is 159 Å². The minimum absolute atomic E-state index is 0.135. The van der Waals surface area contributed by atoms with Crippen molar-refractivity contribution in [2.75, 3.05) is 0 Å². The van der Waals surface area contributed by atoms with E-state index in [2.05, 4.69) is 49.1 Å². The molecule has 0 bridgehead atoms. The molecule has 2 aromatic carbocycles. The first kappa shape index (κ1) is 19.3. The highest BCUT2D eigenvalue weighted by molar-refractivity contribution is 5.38. The summed E-state index contributed by atoms with van der Waals surface area (Å²) in [5, 5.41) is 0. The molecule has 0 aliphatic heterocycles. The van der Waals surface area contributed by atoms with Crippen molar-refractivity contribution >= 4 is 0 Å². The van der Waals surface area contributed by atoms with Crippen LogP contribution >= 0.6 is 0 Å². The topological polar surface area (TPSA) is 0 Å². The number of rotatable bonds is 3. The van der Waals surface area contributed by atoms with Gasteiger partial charge in [-0.2, -0.15) is 0 Å². The molecule has 0 radical (unpaired) electrons. The molecular weight excluding hydrogens is 345 g/mol. The summed E-state index contributed by atoms with van der Waals surface area (Å²) in [7, 11) is 0. The summed E-state index contributed by atoms with van der Waals surface area (Å²) in [5.41, 5.74) is 2.93. The molecule has 2 aromatic rings. The van der Waals surface area contributed by atoms with E-state index in [1.165, 1.54) is 11.1 Å². The molecule has 0 saturated heterocycles. The van der Waals surface area contributed by atoms with Gasteiger partial charge in [-0.25, -0.2) is 13.2 Å². The molecule has 1 aliphatic rings. The first-order valence-electron chi connectivity index (χ1n) is 9.48. The van der Waals surface area contributed by atoms with Crippen LogP contribution in [0.3, 0.4) is 0 Å². The Kier molecular flexibility index (Phi) is 6.40. The Morgan fingerprint density at radius 1 is 0.963 bits per heavy atom. The Morgan fingerprint density at radius 3 is 2.19 bits per heavy atom. The van der Waals surface area contributed by atoms with E-state index < -0.39 is 17.5 Å². The zero-order valence-electron chi connectivity index (χ0n) is 15.4. The average molecular weight is 368 g/mol. The summed E-state index contributed by atoms with van der Waals surface area (Å²) in [4.78, 5) is 0. The van der Waals surface area contributed by atoms with Crippen LogP contribution in [0.4, 0.5) is 13.2 Å². The maximum atomic E-state index is 13.2. The molecule has 0 spiro atoms. The van der Waals surface area contributed by atoms with Crippen molar-refractivity contribution in [1.82, 2.24) is 0 Å². The zero-order chi connectivity index (χ0) is 19.2. The van der Waals surface area contributed by atoms with Gasteiger partial charge in [0.15, 0.2) is 17.5 Å². The molecule has 0 aromatic heterocycles. The number of halogens is 3. The standard InChI is InChI=1S/C24H23F3/c1-2-17-7-11-20(12-8-17)21-13-9-18(10-14-21)5-3-4-6-19-15-22(25)24(27)23(26)16-19/h3,5,7-8,11-12,15-16,18,21H,2,9-10,13-14H2,1H3/b5-3+.